The number of halogens is 1. The third-order valence-corrected chi connectivity index (χ3v) is 5.29. The van der Waals surface area contributed by atoms with Gasteiger partial charge < -0.3 is 4.74 Å². The number of rotatable bonds is 3. The molecule has 3 nitrogen and oxygen atoms in total. The van der Waals surface area contributed by atoms with Crippen molar-refractivity contribution in [3.8, 4) is 5.75 Å². The average molecular weight is 304 g/mol. The van der Waals surface area contributed by atoms with E-state index in [0.717, 1.165) is 11.6 Å². The Morgan fingerprint density at radius 2 is 1.86 bits per heavy atom. The smallest absolute Gasteiger partial charge is 0.209 e. The molecule has 0 spiro atoms. The number of aryl methyl sites for hydroxylation is 1. The molecule has 1 heterocycles. The summed E-state index contributed by atoms with van der Waals surface area (Å²) >= 11 is 0. The van der Waals surface area contributed by atoms with Crippen molar-refractivity contribution in [2.45, 2.75) is 11.8 Å². The third kappa shape index (κ3) is 2.34. The molecule has 5 heteroatoms. The molecule has 2 aromatic carbocycles. The Balaban J connectivity index is 1.89. The molecule has 0 bridgehead atoms. The van der Waals surface area contributed by atoms with Crippen molar-refractivity contribution in [2.24, 2.45) is 0 Å². The highest BCUT2D eigenvalue weighted by Crippen LogP contribution is 2.35. The van der Waals surface area contributed by atoms with Crippen LogP contribution in [0.15, 0.2) is 52.3 Å². The van der Waals surface area contributed by atoms with E-state index in [0.29, 0.717) is 11.3 Å². The maximum Gasteiger partial charge on any atom is 0.209 e. The van der Waals surface area contributed by atoms with Crippen molar-refractivity contribution in [3.63, 3.8) is 0 Å². The first-order chi connectivity index (χ1) is 10.00. The molecule has 0 saturated carbocycles. The number of hydrogen-bond acceptors (Lipinski definition) is 3. The van der Waals surface area contributed by atoms with Crippen molar-refractivity contribution in [3.05, 3.63) is 64.3 Å². The zero-order valence-corrected chi connectivity index (χ0v) is 12.2. The molecule has 21 heavy (non-hydrogen) atoms. The standard InChI is InChI=1S/C16H13FO3S/c1-11-5-2-3-8-15(11)20-10-13-9-12-6-4-7-14(17)16(12)21(13,18)19/h2-9H,10H2,1H3. The molecule has 3 rings (SSSR count). The Morgan fingerprint density at radius 3 is 2.57 bits per heavy atom. The number of fused-ring (bicyclic) bond motifs is 1. The zero-order valence-electron chi connectivity index (χ0n) is 11.3. The lowest BCUT2D eigenvalue weighted by molar-refractivity contribution is 0.356. The zero-order chi connectivity index (χ0) is 15.0. The highest BCUT2D eigenvalue weighted by molar-refractivity contribution is 7.95. The van der Waals surface area contributed by atoms with Gasteiger partial charge in [0.15, 0.2) is 0 Å². The predicted octanol–water partition coefficient (Wildman–Crippen LogP) is 3.34. The van der Waals surface area contributed by atoms with E-state index in [2.05, 4.69) is 0 Å². The largest absolute Gasteiger partial charge is 0.488 e. The molecule has 0 radical (unpaired) electrons. The fourth-order valence-electron chi connectivity index (χ4n) is 2.29. The van der Waals surface area contributed by atoms with Gasteiger partial charge in [-0.1, -0.05) is 30.3 Å². The summed E-state index contributed by atoms with van der Waals surface area (Å²) in [7, 11) is -3.80. The van der Waals surface area contributed by atoms with Crippen LogP contribution in [0.5, 0.6) is 5.75 Å². The van der Waals surface area contributed by atoms with Gasteiger partial charge in [-0.15, -0.1) is 0 Å². The first-order valence-corrected chi connectivity index (χ1v) is 7.91. The van der Waals surface area contributed by atoms with E-state index in [-0.39, 0.29) is 16.4 Å². The second-order valence-electron chi connectivity index (χ2n) is 4.83. The average Bonchev–Trinajstić information content (AvgIpc) is 2.70. The Bertz CT molecular complexity index is 838. The number of para-hydroxylation sites is 1. The van der Waals surface area contributed by atoms with Crippen molar-refractivity contribution >= 4 is 15.9 Å². The Morgan fingerprint density at radius 1 is 1.10 bits per heavy atom. The fraction of sp³-hybridized carbons (Fsp3) is 0.125. The lowest BCUT2D eigenvalue weighted by Gasteiger charge is -2.09. The van der Waals surface area contributed by atoms with Crippen molar-refractivity contribution in [1.82, 2.24) is 0 Å². The Hall–Kier alpha value is -2.14. The van der Waals surface area contributed by atoms with Crippen LogP contribution in [0.1, 0.15) is 11.1 Å². The van der Waals surface area contributed by atoms with Crippen LogP contribution < -0.4 is 4.74 Å². The van der Waals surface area contributed by atoms with Gasteiger partial charge in [0.05, 0.1) is 4.91 Å². The number of sulfone groups is 1. The summed E-state index contributed by atoms with van der Waals surface area (Å²) in [5.41, 5.74) is 1.29. The van der Waals surface area contributed by atoms with Gasteiger partial charge in [0, 0.05) is 0 Å². The van der Waals surface area contributed by atoms with Crippen LogP contribution >= 0.6 is 0 Å². The van der Waals surface area contributed by atoms with E-state index in [1.165, 1.54) is 12.1 Å². The number of hydrogen-bond donors (Lipinski definition) is 0. The lowest BCUT2D eigenvalue weighted by atomic mass is 10.2. The van der Waals surface area contributed by atoms with Crippen LogP contribution in [0.3, 0.4) is 0 Å². The molecular formula is C16H13FO3S. The van der Waals surface area contributed by atoms with Crippen LogP contribution in [0.2, 0.25) is 0 Å². The number of benzene rings is 2. The molecule has 0 saturated heterocycles. The van der Waals surface area contributed by atoms with Gasteiger partial charge >= 0.3 is 0 Å². The van der Waals surface area contributed by atoms with Gasteiger partial charge in [0.1, 0.15) is 23.1 Å². The van der Waals surface area contributed by atoms with Crippen molar-refractivity contribution in [1.29, 1.82) is 0 Å². The maximum absolute atomic E-state index is 13.7. The summed E-state index contributed by atoms with van der Waals surface area (Å²) in [6.45, 7) is 1.77. The monoisotopic (exact) mass is 304 g/mol. The number of ether oxygens (including phenoxy) is 1. The molecule has 0 N–H and O–H groups in total. The summed E-state index contributed by atoms with van der Waals surface area (Å²) in [5.74, 6) is -0.111. The van der Waals surface area contributed by atoms with E-state index in [1.54, 1.807) is 12.1 Å². The van der Waals surface area contributed by atoms with Crippen LogP contribution in [-0.2, 0) is 9.84 Å². The van der Waals surface area contributed by atoms with Crippen molar-refractivity contribution < 1.29 is 17.5 Å². The molecule has 0 unspecified atom stereocenters. The summed E-state index contributed by atoms with van der Waals surface area (Å²) in [6, 6.07) is 11.6. The highest BCUT2D eigenvalue weighted by Gasteiger charge is 2.32. The second kappa shape index (κ2) is 5.00. The summed E-state index contributed by atoms with van der Waals surface area (Å²) in [4.78, 5) is -0.181. The van der Waals surface area contributed by atoms with Crippen LogP contribution in [0.4, 0.5) is 4.39 Å². The molecule has 0 fully saturated rings. The normalized spacial score (nSPS) is 15.4. The first kappa shape index (κ1) is 13.8. The quantitative estimate of drug-likeness (QED) is 0.873. The van der Waals surface area contributed by atoms with Gasteiger partial charge in [-0.3, -0.25) is 0 Å². The molecule has 0 amide bonds. The Kier molecular flexibility index (Phi) is 3.29. The van der Waals surface area contributed by atoms with E-state index in [1.807, 2.05) is 25.1 Å². The molecule has 0 aliphatic carbocycles. The van der Waals surface area contributed by atoms with Gasteiger partial charge in [0.25, 0.3) is 0 Å². The SMILES string of the molecule is Cc1ccccc1OCC1=Cc2cccc(F)c2S1(=O)=O. The lowest BCUT2D eigenvalue weighted by Crippen LogP contribution is -2.10. The minimum Gasteiger partial charge on any atom is -0.488 e. The van der Waals surface area contributed by atoms with Gasteiger partial charge in [0.2, 0.25) is 9.84 Å². The van der Waals surface area contributed by atoms with E-state index >= 15 is 0 Å². The molecule has 0 atom stereocenters. The fourth-order valence-corrected chi connectivity index (χ4v) is 3.81. The minimum absolute atomic E-state index is 0.0749. The molecule has 0 aromatic heterocycles. The summed E-state index contributed by atoms with van der Waals surface area (Å²) in [5, 5.41) is 0. The van der Waals surface area contributed by atoms with E-state index < -0.39 is 15.7 Å². The highest BCUT2D eigenvalue weighted by atomic mass is 32.2. The van der Waals surface area contributed by atoms with Gasteiger partial charge in [-0.2, -0.15) is 0 Å². The topological polar surface area (TPSA) is 43.4 Å². The molecule has 2 aromatic rings. The Labute approximate surface area is 122 Å². The molecule has 108 valence electrons. The van der Waals surface area contributed by atoms with E-state index in [9.17, 15) is 12.8 Å². The predicted molar refractivity (Wildman–Crippen MR) is 78.2 cm³/mol. The summed E-state index contributed by atoms with van der Waals surface area (Å²) < 4.78 is 43.9. The minimum atomic E-state index is -3.80. The van der Waals surface area contributed by atoms with E-state index in [4.69, 9.17) is 4.74 Å². The van der Waals surface area contributed by atoms with Crippen LogP contribution in [0, 0.1) is 12.7 Å². The van der Waals surface area contributed by atoms with Crippen molar-refractivity contribution in [2.75, 3.05) is 6.61 Å². The summed E-state index contributed by atoms with van der Waals surface area (Å²) in [6.07, 6.45) is 1.46. The van der Waals surface area contributed by atoms with Crippen LogP contribution in [0.25, 0.3) is 6.08 Å². The second-order valence-corrected chi connectivity index (χ2v) is 6.77. The molecule has 1 aliphatic heterocycles. The van der Waals surface area contributed by atoms with Gasteiger partial charge in [-0.05, 0) is 36.3 Å². The first-order valence-electron chi connectivity index (χ1n) is 6.43. The third-order valence-electron chi connectivity index (χ3n) is 3.39. The van der Waals surface area contributed by atoms with Gasteiger partial charge in [-0.25, -0.2) is 12.8 Å². The maximum atomic E-state index is 13.7. The van der Waals surface area contributed by atoms with Crippen LogP contribution in [-0.4, -0.2) is 15.0 Å². The molecular weight excluding hydrogens is 291 g/mol. The molecule has 1 aliphatic rings.